The summed E-state index contributed by atoms with van der Waals surface area (Å²) in [4.78, 5) is 12.3. The Morgan fingerprint density at radius 2 is 1.88 bits per heavy atom. The van der Waals surface area contributed by atoms with Gasteiger partial charge in [0.15, 0.2) is 11.0 Å². The molecule has 3 aromatic carbocycles. The molecule has 0 saturated carbocycles. The van der Waals surface area contributed by atoms with Crippen molar-refractivity contribution in [3.8, 4) is 17.1 Å². The van der Waals surface area contributed by atoms with Crippen LogP contribution in [-0.4, -0.2) is 32.6 Å². The third-order valence-corrected chi connectivity index (χ3v) is 6.11. The summed E-state index contributed by atoms with van der Waals surface area (Å²) < 4.78 is 16.4. The van der Waals surface area contributed by atoms with Crippen molar-refractivity contribution in [3.63, 3.8) is 0 Å². The summed E-state index contributed by atoms with van der Waals surface area (Å²) in [5.41, 5.74) is 4.36. The van der Waals surface area contributed by atoms with Crippen molar-refractivity contribution in [3.05, 3.63) is 93.7 Å². The Bertz CT molecular complexity index is 1300. The molecule has 0 atom stereocenters. The maximum absolute atomic E-state index is 13.8. The van der Waals surface area contributed by atoms with Gasteiger partial charge in [0.2, 0.25) is 0 Å². The van der Waals surface area contributed by atoms with E-state index in [4.69, 9.17) is 11.6 Å². The molecule has 4 rings (SSSR count). The van der Waals surface area contributed by atoms with Crippen LogP contribution in [0.2, 0.25) is 5.02 Å². The smallest absolute Gasteiger partial charge is 0.250 e. The summed E-state index contributed by atoms with van der Waals surface area (Å²) in [5.74, 6) is -0.114. The third-order valence-electron chi connectivity index (χ3n) is 4.43. The predicted molar refractivity (Wildman–Crippen MR) is 132 cm³/mol. The van der Waals surface area contributed by atoms with E-state index >= 15 is 0 Å². The van der Waals surface area contributed by atoms with Crippen LogP contribution < -0.4 is 5.43 Å². The van der Waals surface area contributed by atoms with Crippen molar-refractivity contribution >= 4 is 51.4 Å². The molecule has 1 heterocycles. The molecule has 1 aromatic heterocycles. The van der Waals surface area contributed by atoms with Crippen molar-refractivity contribution < 1.29 is 9.18 Å². The van der Waals surface area contributed by atoms with Gasteiger partial charge < -0.3 is 0 Å². The Balaban J connectivity index is 1.50. The standard InChI is InChI=1S/C23H16BrClFN5OS/c24-17-6-11-20(26)16(12-17)13-27-28-21(32)14-33-23-30-29-22(15-4-2-1-3-5-15)31(23)19-9-7-18(25)8-10-19/h1-13H,14H2,(H,28,32)/b27-13+. The van der Waals surface area contributed by atoms with Crippen molar-refractivity contribution in [2.75, 3.05) is 5.75 Å². The second kappa shape index (κ2) is 10.7. The number of benzene rings is 3. The average molecular weight is 545 g/mol. The van der Waals surface area contributed by atoms with Gasteiger partial charge in [0.25, 0.3) is 5.91 Å². The molecule has 0 spiro atoms. The lowest BCUT2D eigenvalue weighted by Gasteiger charge is -2.10. The highest BCUT2D eigenvalue weighted by Crippen LogP contribution is 2.28. The molecule has 0 fully saturated rings. The largest absolute Gasteiger partial charge is 0.272 e. The van der Waals surface area contributed by atoms with Gasteiger partial charge >= 0.3 is 0 Å². The summed E-state index contributed by atoms with van der Waals surface area (Å²) >= 11 is 10.5. The lowest BCUT2D eigenvalue weighted by atomic mass is 10.2. The van der Waals surface area contributed by atoms with Crippen LogP contribution in [0.3, 0.4) is 0 Å². The molecular formula is C23H16BrClFN5OS. The van der Waals surface area contributed by atoms with Gasteiger partial charge in [0, 0.05) is 26.3 Å². The molecule has 6 nitrogen and oxygen atoms in total. The number of hydrogen-bond acceptors (Lipinski definition) is 5. The lowest BCUT2D eigenvalue weighted by Crippen LogP contribution is -2.20. The summed E-state index contributed by atoms with van der Waals surface area (Å²) in [5, 5.41) is 13.6. The molecule has 0 unspecified atom stereocenters. The highest BCUT2D eigenvalue weighted by atomic mass is 79.9. The van der Waals surface area contributed by atoms with E-state index in [1.54, 1.807) is 24.3 Å². The quantitative estimate of drug-likeness (QED) is 0.183. The Hall–Kier alpha value is -3.01. The zero-order valence-corrected chi connectivity index (χ0v) is 20.1. The molecule has 0 saturated heterocycles. The van der Waals surface area contributed by atoms with E-state index < -0.39 is 5.82 Å². The Labute approximate surface area is 207 Å². The molecule has 33 heavy (non-hydrogen) atoms. The van der Waals surface area contributed by atoms with Gasteiger partial charge in [-0.15, -0.1) is 10.2 Å². The van der Waals surface area contributed by atoms with Crippen molar-refractivity contribution in [2.24, 2.45) is 5.10 Å². The maximum atomic E-state index is 13.8. The molecule has 0 aliphatic heterocycles. The molecule has 10 heteroatoms. The van der Waals surface area contributed by atoms with Crippen molar-refractivity contribution in [1.29, 1.82) is 0 Å². The Morgan fingerprint density at radius 3 is 2.64 bits per heavy atom. The minimum atomic E-state index is -0.435. The highest BCUT2D eigenvalue weighted by Gasteiger charge is 2.17. The van der Waals surface area contributed by atoms with Crippen LogP contribution in [0.1, 0.15) is 5.56 Å². The van der Waals surface area contributed by atoms with E-state index in [2.05, 4.69) is 36.7 Å². The Kier molecular flexibility index (Phi) is 7.54. The first-order chi connectivity index (χ1) is 16.0. The summed E-state index contributed by atoms with van der Waals surface area (Å²) in [6, 6.07) is 21.4. The number of carbonyl (C=O) groups is 1. The highest BCUT2D eigenvalue weighted by molar-refractivity contribution is 9.10. The number of halogens is 3. The lowest BCUT2D eigenvalue weighted by molar-refractivity contribution is -0.118. The number of hydrogen-bond donors (Lipinski definition) is 1. The van der Waals surface area contributed by atoms with E-state index in [-0.39, 0.29) is 17.2 Å². The zero-order chi connectivity index (χ0) is 23.2. The predicted octanol–water partition coefficient (Wildman–Crippen LogP) is 5.73. The van der Waals surface area contributed by atoms with Crippen LogP contribution >= 0.6 is 39.3 Å². The number of amides is 1. The summed E-state index contributed by atoms with van der Waals surface area (Å²) in [6.07, 6.45) is 1.26. The van der Waals surface area contributed by atoms with Gasteiger partial charge in [-0.25, -0.2) is 9.82 Å². The summed E-state index contributed by atoms with van der Waals surface area (Å²) in [7, 11) is 0. The normalized spacial score (nSPS) is 11.1. The second-order valence-electron chi connectivity index (χ2n) is 6.73. The fourth-order valence-electron chi connectivity index (χ4n) is 2.91. The van der Waals surface area contributed by atoms with Crippen LogP contribution in [-0.2, 0) is 4.79 Å². The van der Waals surface area contributed by atoms with E-state index in [9.17, 15) is 9.18 Å². The number of aromatic nitrogens is 3. The van der Waals surface area contributed by atoms with E-state index in [1.807, 2.05) is 47.0 Å². The van der Waals surface area contributed by atoms with E-state index in [0.717, 1.165) is 11.3 Å². The van der Waals surface area contributed by atoms with Gasteiger partial charge in [-0.2, -0.15) is 5.10 Å². The van der Waals surface area contributed by atoms with Gasteiger partial charge in [-0.1, -0.05) is 69.6 Å². The van der Waals surface area contributed by atoms with Gasteiger partial charge in [0.1, 0.15) is 5.82 Å². The second-order valence-corrected chi connectivity index (χ2v) is 9.03. The van der Waals surface area contributed by atoms with Crippen LogP contribution in [0.4, 0.5) is 4.39 Å². The number of hydrazone groups is 1. The maximum Gasteiger partial charge on any atom is 0.250 e. The third kappa shape index (κ3) is 5.87. The molecule has 1 N–H and O–H groups in total. The van der Waals surface area contributed by atoms with Crippen LogP contribution in [0.5, 0.6) is 0 Å². The van der Waals surface area contributed by atoms with Gasteiger partial charge in [0.05, 0.1) is 12.0 Å². The van der Waals surface area contributed by atoms with Crippen LogP contribution in [0.25, 0.3) is 17.1 Å². The van der Waals surface area contributed by atoms with Crippen LogP contribution in [0, 0.1) is 5.82 Å². The molecule has 1 amide bonds. The van der Waals surface area contributed by atoms with Crippen LogP contribution in [0.15, 0.2) is 87.5 Å². The molecular weight excluding hydrogens is 529 g/mol. The topological polar surface area (TPSA) is 72.2 Å². The Morgan fingerprint density at radius 1 is 1.12 bits per heavy atom. The fourth-order valence-corrected chi connectivity index (χ4v) is 4.16. The average Bonchev–Trinajstić information content (AvgIpc) is 3.25. The zero-order valence-electron chi connectivity index (χ0n) is 17.0. The van der Waals surface area contributed by atoms with Gasteiger partial charge in [-0.05, 0) is 42.5 Å². The first kappa shape index (κ1) is 23.2. The minimum absolute atomic E-state index is 0.0405. The summed E-state index contributed by atoms with van der Waals surface area (Å²) in [6.45, 7) is 0. The number of thioether (sulfide) groups is 1. The minimum Gasteiger partial charge on any atom is -0.272 e. The number of nitrogens with one attached hydrogen (secondary N) is 1. The van der Waals surface area contributed by atoms with Gasteiger partial charge in [-0.3, -0.25) is 9.36 Å². The van der Waals surface area contributed by atoms with Crippen molar-refractivity contribution in [1.82, 2.24) is 20.2 Å². The number of carbonyl (C=O) groups excluding carboxylic acids is 1. The monoisotopic (exact) mass is 543 g/mol. The molecule has 4 aromatic rings. The number of rotatable bonds is 7. The first-order valence-electron chi connectivity index (χ1n) is 9.68. The van der Waals surface area contributed by atoms with E-state index in [1.165, 1.54) is 24.0 Å². The SMILES string of the molecule is O=C(CSc1nnc(-c2ccccc2)n1-c1ccc(Cl)cc1)N/N=C/c1cc(Br)ccc1F. The molecule has 0 bridgehead atoms. The molecule has 0 aliphatic carbocycles. The molecule has 0 radical (unpaired) electrons. The molecule has 166 valence electrons. The fraction of sp³-hybridized carbons (Fsp3) is 0.0435. The number of nitrogens with zero attached hydrogens (tertiary/aromatic N) is 4. The first-order valence-corrected chi connectivity index (χ1v) is 11.8. The van der Waals surface area contributed by atoms with Crippen molar-refractivity contribution in [2.45, 2.75) is 5.16 Å². The van der Waals surface area contributed by atoms with E-state index in [0.29, 0.717) is 20.5 Å². The molecule has 0 aliphatic rings.